The second-order valence-electron chi connectivity index (χ2n) is 9.29. The van der Waals surface area contributed by atoms with Crippen LogP contribution in [0.4, 0.5) is 0 Å². The summed E-state index contributed by atoms with van der Waals surface area (Å²) in [6, 6.07) is 11.2. The van der Waals surface area contributed by atoms with Gasteiger partial charge in [-0.25, -0.2) is 9.97 Å². The number of nitrogens with zero attached hydrogens (tertiary/aromatic N) is 6. The summed E-state index contributed by atoms with van der Waals surface area (Å²) in [5.74, 6) is 2.46. The zero-order valence-corrected chi connectivity index (χ0v) is 19.1. The fourth-order valence-electron chi connectivity index (χ4n) is 4.27. The highest BCUT2D eigenvalue weighted by Crippen LogP contribution is 2.37. The molecule has 160 valence electrons. The van der Waals surface area contributed by atoms with Gasteiger partial charge in [-0.3, -0.25) is 8.97 Å². The molecule has 0 aliphatic heterocycles. The smallest absolute Gasteiger partial charge is 0.233 e. The molecule has 1 saturated carbocycles. The number of rotatable bonds is 5. The van der Waals surface area contributed by atoms with Gasteiger partial charge in [0.25, 0.3) is 0 Å². The molecule has 6 nitrogen and oxygen atoms in total. The van der Waals surface area contributed by atoms with Crippen molar-refractivity contribution in [2.24, 2.45) is 0 Å². The van der Waals surface area contributed by atoms with Crippen LogP contribution in [-0.4, -0.2) is 29.1 Å². The van der Waals surface area contributed by atoms with E-state index in [2.05, 4.69) is 69.8 Å². The minimum atomic E-state index is 0.140. The van der Waals surface area contributed by atoms with E-state index in [1.54, 1.807) is 18.0 Å². The van der Waals surface area contributed by atoms with Crippen LogP contribution in [-0.2, 0) is 11.2 Å². The maximum absolute atomic E-state index is 4.63. The number of benzene rings is 1. The van der Waals surface area contributed by atoms with E-state index < -0.39 is 0 Å². The van der Waals surface area contributed by atoms with Gasteiger partial charge < -0.3 is 0 Å². The van der Waals surface area contributed by atoms with E-state index in [0.29, 0.717) is 6.04 Å². The van der Waals surface area contributed by atoms with Crippen molar-refractivity contribution in [3.05, 3.63) is 60.2 Å². The van der Waals surface area contributed by atoms with E-state index >= 15 is 0 Å². The Morgan fingerprint density at radius 1 is 1.06 bits per heavy atom. The van der Waals surface area contributed by atoms with Crippen LogP contribution in [0, 0.1) is 0 Å². The molecule has 0 spiro atoms. The lowest BCUT2D eigenvalue weighted by atomic mass is 9.86. The van der Waals surface area contributed by atoms with Crippen LogP contribution in [0.5, 0.6) is 0 Å². The monoisotopic (exact) mass is 432 g/mol. The number of hydrogen-bond acceptors (Lipinski definition) is 5. The predicted octanol–water partition coefficient (Wildman–Crippen LogP) is 5.69. The van der Waals surface area contributed by atoms with E-state index in [4.69, 9.17) is 0 Å². The maximum Gasteiger partial charge on any atom is 0.233 e. The Labute approximate surface area is 187 Å². The van der Waals surface area contributed by atoms with Crippen molar-refractivity contribution in [2.75, 3.05) is 0 Å². The first-order valence-electron chi connectivity index (χ1n) is 11.0. The van der Waals surface area contributed by atoms with Gasteiger partial charge >= 0.3 is 0 Å². The molecule has 0 amide bonds. The van der Waals surface area contributed by atoms with Crippen LogP contribution in [0.3, 0.4) is 0 Å². The van der Waals surface area contributed by atoms with Gasteiger partial charge in [0.15, 0.2) is 11.0 Å². The molecule has 1 aromatic carbocycles. The number of hydrogen-bond donors (Lipinski definition) is 0. The topological polar surface area (TPSA) is 60.9 Å². The number of fused-ring (bicyclic) bond motifs is 1. The summed E-state index contributed by atoms with van der Waals surface area (Å²) in [5, 5.41) is 10.2. The molecule has 5 rings (SSSR count). The van der Waals surface area contributed by atoms with Crippen molar-refractivity contribution in [3.8, 4) is 11.4 Å². The SMILES string of the molecule is CC(C)(C)c1ccc(-c2nnc(SCc3cn4cccnc4n3)n2C2CCCC2)cc1. The lowest BCUT2D eigenvalue weighted by Gasteiger charge is -2.20. The molecule has 0 atom stereocenters. The summed E-state index contributed by atoms with van der Waals surface area (Å²) >= 11 is 1.71. The van der Waals surface area contributed by atoms with Gasteiger partial charge in [0.2, 0.25) is 5.78 Å². The summed E-state index contributed by atoms with van der Waals surface area (Å²) in [5.41, 5.74) is 3.61. The lowest BCUT2D eigenvalue weighted by molar-refractivity contribution is 0.485. The molecule has 31 heavy (non-hydrogen) atoms. The number of thioether (sulfide) groups is 1. The Kier molecular flexibility index (Phi) is 5.30. The van der Waals surface area contributed by atoms with Gasteiger partial charge in [-0.1, -0.05) is 69.6 Å². The quantitative estimate of drug-likeness (QED) is 0.379. The molecule has 4 aromatic rings. The van der Waals surface area contributed by atoms with Crippen LogP contribution in [0.2, 0.25) is 0 Å². The number of imidazole rings is 1. The predicted molar refractivity (Wildman–Crippen MR) is 124 cm³/mol. The fraction of sp³-hybridized carbons (Fsp3) is 0.417. The van der Waals surface area contributed by atoms with Gasteiger partial charge in [0.05, 0.1) is 5.69 Å². The highest BCUT2D eigenvalue weighted by atomic mass is 32.2. The summed E-state index contributed by atoms with van der Waals surface area (Å²) in [6.07, 6.45) is 10.7. The zero-order valence-electron chi connectivity index (χ0n) is 18.3. The van der Waals surface area contributed by atoms with E-state index in [0.717, 1.165) is 33.8 Å². The molecule has 1 fully saturated rings. The molecule has 0 saturated heterocycles. The van der Waals surface area contributed by atoms with Crippen molar-refractivity contribution < 1.29 is 0 Å². The van der Waals surface area contributed by atoms with Crippen molar-refractivity contribution in [1.82, 2.24) is 29.1 Å². The normalized spacial score (nSPS) is 15.2. The van der Waals surface area contributed by atoms with Crippen LogP contribution in [0.25, 0.3) is 17.2 Å². The highest BCUT2D eigenvalue weighted by molar-refractivity contribution is 7.98. The van der Waals surface area contributed by atoms with Crippen LogP contribution in [0.15, 0.2) is 54.1 Å². The zero-order chi connectivity index (χ0) is 21.4. The Morgan fingerprint density at radius 3 is 2.55 bits per heavy atom. The summed E-state index contributed by atoms with van der Waals surface area (Å²) in [6.45, 7) is 6.73. The second-order valence-corrected chi connectivity index (χ2v) is 10.2. The minimum Gasteiger partial charge on any atom is -0.299 e. The van der Waals surface area contributed by atoms with E-state index in [-0.39, 0.29) is 5.41 Å². The first-order chi connectivity index (χ1) is 15.0. The van der Waals surface area contributed by atoms with Gasteiger partial charge in [-0.15, -0.1) is 10.2 Å². The lowest BCUT2D eigenvalue weighted by Crippen LogP contribution is -2.11. The Balaban J connectivity index is 1.44. The molecular formula is C24H28N6S. The molecule has 1 aliphatic rings. The van der Waals surface area contributed by atoms with Crippen molar-refractivity contribution >= 4 is 17.5 Å². The summed E-state index contributed by atoms with van der Waals surface area (Å²) in [4.78, 5) is 8.94. The third-order valence-corrected chi connectivity index (χ3v) is 6.97. The van der Waals surface area contributed by atoms with Crippen molar-refractivity contribution in [3.63, 3.8) is 0 Å². The third-order valence-electron chi connectivity index (χ3n) is 6.00. The Bertz CT molecular complexity index is 1150. The Hall–Kier alpha value is -2.67. The molecule has 0 N–H and O–H groups in total. The standard InChI is InChI=1S/C24H28N6S/c1-24(2,3)18-11-9-17(10-12-18)21-27-28-23(30(21)20-7-4-5-8-20)31-16-19-15-29-14-6-13-25-22(29)26-19/h6,9-15,20H,4-5,7-8,16H2,1-3H3. The van der Waals surface area contributed by atoms with E-state index in [9.17, 15) is 0 Å². The average molecular weight is 433 g/mol. The van der Waals surface area contributed by atoms with Gasteiger partial charge in [0.1, 0.15) is 0 Å². The van der Waals surface area contributed by atoms with Crippen molar-refractivity contribution in [2.45, 2.75) is 68.8 Å². The molecule has 0 bridgehead atoms. The number of aromatic nitrogens is 6. The summed E-state index contributed by atoms with van der Waals surface area (Å²) in [7, 11) is 0. The van der Waals surface area contributed by atoms with Crippen molar-refractivity contribution in [1.29, 1.82) is 0 Å². The molecular weight excluding hydrogens is 404 g/mol. The van der Waals surface area contributed by atoms with Crippen LogP contribution >= 0.6 is 11.8 Å². The fourth-order valence-corrected chi connectivity index (χ4v) is 5.16. The van der Waals surface area contributed by atoms with Gasteiger partial charge in [-0.05, 0) is 29.9 Å². The third kappa shape index (κ3) is 4.11. The first-order valence-corrected chi connectivity index (χ1v) is 11.9. The minimum absolute atomic E-state index is 0.140. The highest BCUT2D eigenvalue weighted by Gasteiger charge is 2.25. The molecule has 7 heteroatoms. The average Bonchev–Trinajstić information content (AvgIpc) is 3.50. The molecule has 1 aliphatic carbocycles. The molecule has 0 unspecified atom stereocenters. The second kappa shape index (κ2) is 8.11. The van der Waals surface area contributed by atoms with Gasteiger partial charge in [-0.2, -0.15) is 0 Å². The van der Waals surface area contributed by atoms with Gasteiger partial charge in [0, 0.05) is 35.9 Å². The van der Waals surface area contributed by atoms with E-state index in [1.807, 2.05) is 22.9 Å². The van der Waals surface area contributed by atoms with E-state index in [1.165, 1.54) is 31.2 Å². The maximum atomic E-state index is 4.63. The molecule has 0 radical (unpaired) electrons. The Morgan fingerprint density at radius 2 is 1.84 bits per heavy atom. The van der Waals surface area contributed by atoms with Crippen LogP contribution in [0.1, 0.15) is 63.8 Å². The summed E-state index contributed by atoms with van der Waals surface area (Å²) < 4.78 is 4.33. The molecule has 3 aromatic heterocycles. The first kappa shape index (κ1) is 20.2. The molecule has 3 heterocycles. The largest absolute Gasteiger partial charge is 0.299 e. The van der Waals surface area contributed by atoms with Crippen LogP contribution < -0.4 is 0 Å².